The zero-order chi connectivity index (χ0) is 12.4. The molecular weight excluding hydrogens is 224 g/mol. The molecule has 96 valence electrons. The highest BCUT2D eigenvalue weighted by molar-refractivity contribution is 5.83. The maximum absolute atomic E-state index is 11.9. The Morgan fingerprint density at radius 1 is 1.29 bits per heavy atom. The van der Waals surface area contributed by atoms with E-state index in [1.165, 1.54) is 0 Å². The van der Waals surface area contributed by atoms with Crippen LogP contribution in [0.25, 0.3) is 0 Å². The van der Waals surface area contributed by atoms with E-state index in [0.717, 1.165) is 25.7 Å². The maximum atomic E-state index is 11.9. The van der Waals surface area contributed by atoms with Crippen molar-refractivity contribution >= 4 is 11.9 Å². The lowest BCUT2D eigenvalue weighted by Gasteiger charge is -2.22. The molecule has 0 spiro atoms. The van der Waals surface area contributed by atoms with Crippen molar-refractivity contribution < 1.29 is 24.2 Å². The monoisotopic (exact) mass is 242 g/mol. The van der Waals surface area contributed by atoms with Crippen molar-refractivity contribution in [2.75, 3.05) is 6.61 Å². The van der Waals surface area contributed by atoms with Crippen LogP contribution in [0.3, 0.4) is 0 Å². The fourth-order valence-electron chi connectivity index (χ4n) is 2.70. The molecule has 0 aromatic rings. The van der Waals surface area contributed by atoms with Crippen LogP contribution in [0.15, 0.2) is 0 Å². The Hall–Kier alpha value is -1.10. The Bertz CT molecular complexity index is 314. The van der Waals surface area contributed by atoms with Crippen molar-refractivity contribution in [3.05, 3.63) is 0 Å². The van der Waals surface area contributed by atoms with Crippen LogP contribution in [0.2, 0.25) is 0 Å². The van der Waals surface area contributed by atoms with Gasteiger partial charge in [0.25, 0.3) is 0 Å². The first kappa shape index (κ1) is 12.4. The number of carbonyl (C=O) groups is 2. The third-order valence-corrected chi connectivity index (χ3v) is 3.57. The second kappa shape index (κ2) is 5.04. The highest BCUT2D eigenvalue weighted by Gasteiger charge is 2.56. The van der Waals surface area contributed by atoms with Crippen LogP contribution >= 0.6 is 0 Å². The number of carbonyl (C=O) groups excluding carboxylic acids is 1. The Morgan fingerprint density at radius 2 is 1.94 bits per heavy atom. The van der Waals surface area contributed by atoms with E-state index in [4.69, 9.17) is 14.6 Å². The Balaban J connectivity index is 1.98. The van der Waals surface area contributed by atoms with Crippen molar-refractivity contribution in [3.8, 4) is 0 Å². The first-order valence-electron chi connectivity index (χ1n) is 6.20. The van der Waals surface area contributed by atoms with Crippen molar-refractivity contribution in [2.24, 2.45) is 11.8 Å². The van der Waals surface area contributed by atoms with E-state index in [0.29, 0.717) is 6.61 Å². The first-order chi connectivity index (χ1) is 8.15. The molecule has 5 nitrogen and oxygen atoms in total. The third-order valence-electron chi connectivity index (χ3n) is 3.57. The fourth-order valence-corrected chi connectivity index (χ4v) is 2.70. The molecule has 0 aromatic heterocycles. The lowest BCUT2D eigenvalue weighted by Crippen LogP contribution is -2.39. The van der Waals surface area contributed by atoms with E-state index in [9.17, 15) is 9.59 Å². The van der Waals surface area contributed by atoms with E-state index in [-0.39, 0.29) is 12.2 Å². The van der Waals surface area contributed by atoms with Gasteiger partial charge < -0.3 is 14.6 Å². The normalized spacial score (nSPS) is 34.9. The maximum Gasteiger partial charge on any atom is 0.312 e. The fraction of sp³-hybridized carbons (Fsp3) is 0.833. The Morgan fingerprint density at radius 3 is 2.53 bits per heavy atom. The molecule has 1 N–H and O–H groups in total. The molecule has 2 aliphatic rings. The number of ether oxygens (including phenoxy) is 2. The number of fused-ring (bicyclic) bond motifs is 2. The number of rotatable bonds is 5. The number of carboxylic acids is 1. The van der Waals surface area contributed by atoms with Gasteiger partial charge in [-0.3, -0.25) is 9.59 Å². The summed E-state index contributed by atoms with van der Waals surface area (Å²) in [5.41, 5.74) is 0. The van der Waals surface area contributed by atoms with Gasteiger partial charge in [0.1, 0.15) is 0 Å². The van der Waals surface area contributed by atoms with Gasteiger partial charge in [-0.1, -0.05) is 13.3 Å². The molecule has 2 saturated heterocycles. The molecule has 5 heteroatoms. The van der Waals surface area contributed by atoms with E-state index in [1.807, 2.05) is 6.92 Å². The van der Waals surface area contributed by atoms with Gasteiger partial charge in [0.05, 0.1) is 30.7 Å². The van der Waals surface area contributed by atoms with Crippen LogP contribution in [-0.2, 0) is 19.1 Å². The lowest BCUT2D eigenvalue weighted by molar-refractivity contribution is -0.158. The van der Waals surface area contributed by atoms with Crippen molar-refractivity contribution in [2.45, 2.75) is 44.8 Å². The van der Waals surface area contributed by atoms with Crippen LogP contribution in [0.1, 0.15) is 32.6 Å². The third kappa shape index (κ3) is 2.29. The van der Waals surface area contributed by atoms with Crippen LogP contribution in [-0.4, -0.2) is 35.9 Å². The zero-order valence-electron chi connectivity index (χ0n) is 9.93. The zero-order valence-corrected chi connectivity index (χ0v) is 9.93. The molecule has 0 saturated carbocycles. The van der Waals surface area contributed by atoms with E-state index < -0.39 is 23.8 Å². The summed E-state index contributed by atoms with van der Waals surface area (Å²) in [6.07, 6.45) is 2.70. The van der Waals surface area contributed by atoms with Gasteiger partial charge in [0.15, 0.2) is 0 Å². The standard InChI is InChI=1S/C12H18O5/c1-2-3-6-16-12(15)10-8-5-4-7(17-8)9(10)11(13)14/h7-10H,2-6H2,1H3,(H,13,14). The summed E-state index contributed by atoms with van der Waals surface area (Å²) in [7, 11) is 0. The molecule has 2 heterocycles. The Labute approximate surface area is 100 Å². The van der Waals surface area contributed by atoms with E-state index in [2.05, 4.69) is 0 Å². The summed E-state index contributed by atoms with van der Waals surface area (Å²) < 4.78 is 10.6. The average molecular weight is 242 g/mol. The molecule has 0 radical (unpaired) electrons. The predicted molar refractivity (Wildman–Crippen MR) is 58.4 cm³/mol. The van der Waals surface area contributed by atoms with Crippen molar-refractivity contribution in [3.63, 3.8) is 0 Å². The molecule has 2 bridgehead atoms. The highest BCUT2D eigenvalue weighted by Crippen LogP contribution is 2.44. The van der Waals surface area contributed by atoms with Crippen molar-refractivity contribution in [1.82, 2.24) is 0 Å². The smallest absolute Gasteiger partial charge is 0.312 e. The molecule has 17 heavy (non-hydrogen) atoms. The van der Waals surface area contributed by atoms with Gasteiger partial charge in [0.2, 0.25) is 0 Å². The van der Waals surface area contributed by atoms with Crippen LogP contribution < -0.4 is 0 Å². The highest BCUT2D eigenvalue weighted by atomic mass is 16.5. The van der Waals surface area contributed by atoms with Gasteiger partial charge in [-0.2, -0.15) is 0 Å². The van der Waals surface area contributed by atoms with Crippen LogP contribution in [0.4, 0.5) is 0 Å². The molecule has 4 unspecified atom stereocenters. The van der Waals surface area contributed by atoms with E-state index >= 15 is 0 Å². The summed E-state index contributed by atoms with van der Waals surface area (Å²) in [5.74, 6) is -2.68. The topological polar surface area (TPSA) is 72.8 Å². The number of hydrogen-bond acceptors (Lipinski definition) is 4. The molecule has 0 amide bonds. The first-order valence-corrected chi connectivity index (χ1v) is 6.20. The SMILES string of the molecule is CCCCOC(=O)C1C2CCC(O2)C1C(=O)O. The van der Waals surface area contributed by atoms with Crippen LogP contribution in [0.5, 0.6) is 0 Å². The quantitative estimate of drug-likeness (QED) is 0.579. The minimum Gasteiger partial charge on any atom is -0.481 e. The lowest BCUT2D eigenvalue weighted by atomic mass is 9.79. The van der Waals surface area contributed by atoms with Gasteiger partial charge >= 0.3 is 11.9 Å². The summed E-state index contributed by atoms with van der Waals surface area (Å²) in [5, 5.41) is 9.14. The molecule has 2 aliphatic heterocycles. The van der Waals surface area contributed by atoms with Crippen LogP contribution in [0, 0.1) is 11.8 Å². The number of hydrogen-bond donors (Lipinski definition) is 1. The summed E-state index contributed by atoms with van der Waals surface area (Å²) in [4.78, 5) is 23.0. The molecule has 0 aromatic carbocycles. The van der Waals surface area contributed by atoms with Gasteiger partial charge in [-0.25, -0.2) is 0 Å². The minimum absolute atomic E-state index is 0.254. The molecular formula is C12H18O5. The van der Waals surface area contributed by atoms with Gasteiger partial charge in [-0.15, -0.1) is 0 Å². The molecule has 2 rings (SSSR count). The minimum atomic E-state index is -0.949. The second-order valence-electron chi connectivity index (χ2n) is 4.70. The van der Waals surface area contributed by atoms with E-state index in [1.54, 1.807) is 0 Å². The van der Waals surface area contributed by atoms with Crippen molar-refractivity contribution in [1.29, 1.82) is 0 Å². The van der Waals surface area contributed by atoms with Gasteiger partial charge in [-0.05, 0) is 19.3 Å². The summed E-state index contributed by atoms with van der Waals surface area (Å²) in [6.45, 7) is 2.38. The second-order valence-corrected chi connectivity index (χ2v) is 4.70. The average Bonchev–Trinajstić information content (AvgIpc) is 2.88. The molecule has 0 aliphatic carbocycles. The number of aliphatic carboxylic acids is 1. The predicted octanol–water partition coefficient (Wildman–Crippen LogP) is 1.21. The number of esters is 1. The summed E-state index contributed by atoms with van der Waals surface area (Å²) >= 11 is 0. The summed E-state index contributed by atoms with van der Waals surface area (Å²) in [6, 6.07) is 0. The number of unbranched alkanes of at least 4 members (excludes halogenated alkanes) is 1. The largest absolute Gasteiger partial charge is 0.481 e. The van der Waals surface area contributed by atoms with Gasteiger partial charge in [0, 0.05) is 0 Å². The number of carboxylic acid groups (broad SMARTS) is 1. The Kier molecular flexibility index (Phi) is 3.66. The molecule has 4 atom stereocenters. The molecule has 2 fully saturated rings.